The van der Waals surface area contributed by atoms with Crippen molar-refractivity contribution >= 4 is 65.4 Å². The van der Waals surface area contributed by atoms with E-state index in [2.05, 4.69) is 153 Å². The van der Waals surface area contributed by atoms with Crippen LogP contribution in [0.25, 0.3) is 82.5 Å². The van der Waals surface area contributed by atoms with E-state index >= 15 is 0 Å². The first-order valence-electron chi connectivity index (χ1n) is 15.6. The summed E-state index contributed by atoms with van der Waals surface area (Å²) in [7, 11) is 0. The van der Waals surface area contributed by atoms with Gasteiger partial charge in [-0.2, -0.15) is 0 Å². The van der Waals surface area contributed by atoms with Crippen molar-refractivity contribution in [1.82, 2.24) is 13.7 Å². The second kappa shape index (κ2) is 9.37. The van der Waals surface area contributed by atoms with Crippen molar-refractivity contribution < 1.29 is 5.11 Å². The summed E-state index contributed by atoms with van der Waals surface area (Å²) < 4.78 is 7.06. The van der Waals surface area contributed by atoms with Crippen molar-refractivity contribution in [3.8, 4) is 22.8 Å². The molecule has 0 saturated carbocycles. The predicted molar refractivity (Wildman–Crippen MR) is 191 cm³/mol. The number of para-hydroxylation sites is 5. The second-order valence-corrected chi connectivity index (χ2v) is 12.0. The number of nitrogens with zero attached hydrogens (tertiary/aromatic N) is 3. The van der Waals surface area contributed by atoms with Gasteiger partial charge in [0.05, 0.1) is 50.2 Å². The Morgan fingerprint density at radius 2 is 0.565 bits per heavy atom. The van der Waals surface area contributed by atoms with E-state index in [1.54, 1.807) is 6.07 Å². The maximum Gasteiger partial charge on any atom is 0.117 e. The highest BCUT2D eigenvalue weighted by Gasteiger charge is 2.19. The number of benzene rings is 7. The SMILES string of the molecule is Oc1ccc2c3ccccc3n(-c3cc(-n4c5ccccc5c5ccccc54)cc(-n4c5ccccc5c5ccccc54)c3)c2c1. The molecule has 216 valence electrons. The molecule has 3 aromatic heterocycles. The van der Waals surface area contributed by atoms with E-state index in [9.17, 15) is 5.11 Å². The van der Waals surface area contributed by atoms with Crippen LogP contribution in [0.2, 0.25) is 0 Å². The first kappa shape index (κ1) is 25.1. The summed E-state index contributed by atoms with van der Waals surface area (Å²) in [6, 6.07) is 55.6. The largest absolute Gasteiger partial charge is 0.508 e. The molecule has 10 rings (SSSR count). The molecule has 0 aliphatic heterocycles. The standard InChI is InChI=1S/C42H27N3O/c46-30-21-22-36-35-15-5-10-20-41(35)45(42(36)26-30)29-24-27(43-37-16-6-1-11-31(37)32-12-2-7-17-38(32)43)23-28(25-29)44-39-18-8-3-13-33(39)34-14-4-9-19-40(34)44/h1-26,46H. The summed E-state index contributed by atoms with van der Waals surface area (Å²) in [6.07, 6.45) is 0. The molecule has 0 atom stereocenters. The third-order valence-electron chi connectivity index (χ3n) is 9.48. The van der Waals surface area contributed by atoms with Gasteiger partial charge in [0.2, 0.25) is 0 Å². The van der Waals surface area contributed by atoms with Crippen molar-refractivity contribution in [3.63, 3.8) is 0 Å². The molecule has 4 heteroatoms. The number of aromatic hydroxyl groups is 1. The Morgan fingerprint density at radius 3 is 0.913 bits per heavy atom. The Kier molecular flexibility index (Phi) is 5.11. The van der Waals surface area contributed by atoms with Crippen molar-refractivity contribution in [2.45, 2.75) is 0 Å². The van der Waals surface area contributed by atoms with Gasteiger partial charge in [-0.05, 0) is 60.7 Å². The van der Waals surface area contributed by atoms with Crippen LogP contribution in [0, 0.1) is 0 Å². The zero-order valence-electron chi connectivity index (χ0n) is 24.8. The minimum atomic E-state index is 0.248. The Morgan fingerprint density at radius 1 is 0.283 bits per heavy atom. The van der Waals surface area contributed by atoms with Gasteiger partial charge >= 0.3 is 0 Å². The third kappa shape index (κ3) is 3.44. The van der Waals surface area contributed by atoms with Crippen LogP contribution in [0.3, 0.4) is 0 Å². The topological polar surface area (TPSA) is 35.0 Å². The van der Waals surface area contributed by atoms with Gasteiger partial charge in [0, 0.05) is 38.4 Å². The molecule has 46 heavy (non-hydrogen) atoms. The lowest BCUT2D eigenvalue weighted by atomic mass is 10.1. The van der Waals surface area contributed by atoms with E-state index in [-0.39, 0.29) is 5.75 Å². The summed E-state index contributed by atoms with van der Waals surface area (Å²) in [6.45, 7) is 0. The van der Waals surface area contributed by atoms with E-state index in [1.165, 1.54) is 21.5 Å². The minimum absolute atomic E-state index is 0.248. The highest BCUT2D eigenvalue weighted by molar-refractivity contribution is 6.12. The number of phenols is 1. The quantitative estimate of drug-likeness (QED) is 0.219. The Hall–Kier alpha value is -6.26. The lowest BCUT2D eigenvalue weighted by Crippen LogP contribution is -2.03. The first-order chi connectivity index (χ1) is 22.7. The summed E-state index contributed by atoms with van der Waals surface area (Å²) in [5.41, 5.74) is 9.86. The smallest absolute Gasteiger partial charge is 0.117 e. The molecule has 7 aromatic carbocycles. The van der Waals surface area contributed by atoms with Gasteiger partial charge < -0.3 is 18.8 Å². The van der Waals surface area contributed by atoms with E-state index in [1.807, 2.05) is 12.1 Å². The summed E-state index contributed by atoms with van der Waals surface area (Å²) in [4.78, 5) is 0. The summed E-state index contributed by atoms with van der Waals surface area (Å²) >= 11 is 0. The van der Waals surface area contributed by atoms with Crippen LogP contribution in [-0.4, -0.2) is 18.8 Å². The number of phenolic OH excluding ortho intramolecular Hbond substituents is 1. The molecule has 1 N–H and O–H groups in total. The molecule has 0 aliphatic rings. The van der Waals surface area contributed by atoms with Gasteiger partial charge in [-0.3, -0.25) is 0 Å². The maximum atomic E-state index is 10.7. The number of hydrogen-bond acceptors (Lipinski definition) is 1. The van der Waals surface area contributed by atoms with E-state index in [4.69, 9.17) is 0 Å². The molecule has 0 spiro atoms. The molecule has 0 unspecified atom stereocenters. The predicted octanol–water partition coefficient (Wildman–Crippen LogP) is 10.7. The molecular formula is C42H27N3O. The maximum absolute atomic E-state index is 10.7. The Labute approximate surface area is 264 Å². The van der Waals surface area contributed by atoms with Gasteiger partial charge in [0.1, 0.15) is 5.75 Å². The van der Waals surface area contributed by atoms with Crippen LogP contribution in [-0.2, 0) is 0 Å². The van der Waals surface area contributed by atoms with E-state index in [0.29, 0.717) is 0 Å². The fraction of sp³-hybridized carbons (Fsp3) is 0. The highest BCUT2D eigenvalue weighted by Crippen LogP contribution is 2.39. The number of aromatic nitrogens is 3. The van der Waals surface area contributed by atoms with Crippen molar-refractivity contribution in [2.75, 3.05) is 0 Å². The molecule has 0 aliphatic carbocycles. The number of fused-ring (bicyclic) bond motifs is 9. The fourth-order valence-electron chi connectivity index (χ4n) is 7.61. The van der Waals surface area contributed by atoms with Gasteiger partial charge in [0.15, 0.2) is 0 Å². The molecule has 0 bridgehead atoms. The van der Waals surface area contributed by atoms with Gasteiger partial charge in [-0.1, -0.05) is 91.0 Å². The minimum Gasteiger partial charge on any atom is -0.508 e. The number of hydrogen-bond donors (Lipinski definition) is 1. The molecular weight excluding hydrogens is 562 g/mol. The first-order valence-corrected chi connectivity index (χ1v) is 15.6. The molecule has 10 aromatic rings. The van der Waals surface area contributed by atoms with Gasteiger partial charge in [0.25, 0.3) is 0 Å². The Balaban J connectivity index is 1.39. The average molecular weight is 590 g/mol. The van der Waals surface area contributed by atoms with Crippen molar-refractivity contribution in [1.29, 1.82) is 0 Å². The van der Waals surface area contributed by atoms with Crippen LogP contribution in [0.15, 0.2) is 158 Å². The zero-order valence-corrected chi connectivity index (χ0v) is 24.8. The molecule has 0 amide bonds. The average Bonchev–Trinajstić information content (AvgIpc) is 3.73. The van der Waals surface area contributed by atoms with Crippen molar-refractivity contribution in [3.05, 3.63) is 158 Å². The van der Waals surface area contributed by atoms with Gasteiger partial charge in [-0.25, -0.2) is 0 Å². The van der Waals surface area contributed by atoms with Crippen LogP contribution in [0.5, 0.6) is 5.75 Å². The molecule has 0 fully saturated rings. The number of rotatable bonds is 3. The third-order valence-corrected chi connectivity index (χ3v) is 9.48. The lowest BCUT2D eigenvalue weighted by molar-refractivity contribution is 0.476. The Bertz CT molecular complexity index is 2590. The molecule has 0 radical (unpaired) electrons. The molecule has 4 nitrogen and oxygen atoms in total. The van der Waals surface area contributed by atoms with Crippen LogP contribution < -0.4 is 0 Å². The lowest BCUT2D eigenvalue weighted by Gasteiger charge is -2.17. The second-order valence-electron chi connectivity index (χ2n) is 12.0. The van der Waals surface area contributed by atoms with Crippen LogP contribution in [0.1, 0.15) is 0 Å². The van der Waals surface area contributed by atoms with Gasteiger partial charge in [-0.15, -0.1) is 0 Å². The fourth-order valence-corrected chi connectivity index (χ4v) is 7.61. The van der Waals surface area contributed by atoms with E-state index < -0.39 is 0 Å². The zero-order chi connectivity index (χ0) is 30.4. The van der Waals surface area contributed by atoms with Crippen LogP contribution >= 0.6 is 0 Å². The van der Waals surface area contributed by atoms with Crippen molar-refractivity contribution in [2.24, 2.45) is 0 Å². The summed E-state index contributed by atoms with van der Waals surface area (Å²) in [5.74, 6) is 0.248. The normalized spacial score (nSPS) is 12.0. The molecule has 0 saturated heterocycles. The monoisotopic (exact) mass is 589 g/mol. The van der Waals surface area contributed by atoms with E-state index in [0.717, 1.165) is 60.9 Å². The summed E-state index contributed by atoms with van der Waals surface area (Å²) in [5, 5.41) is 17.8. The highest BCUT2D eigenvalue weighted by atomic mass is 16.3. The van der Waals surface area contributed by atoms with Crippen LogP contribution in [0.4, 0.5) is 0 Å². The molecule has 3 heterocycles.